The molecule has 2 aromatic carbocycles. The van der Waals surface area contributed by atoms with Gasteiger partial charge in [-0.1, -0.05) is 24.6 Å². The van der Waals surface area contributed by atoms with Gasteiger partial charge in [-0.25, -0.2) is 0 Å². The van der Waals surface area contributed by atoms with E-state index in [-0.39, 0.29) is 18.3 Å². The lowest BCUT2D eigenvalue weighted by molar-refractivity contribution is 0.0992. The molecule has 7 heteroatoms. The number of aromatic nitrogens is 3. The van der Waals surface area contributed by atoms with Gasteiger partial charge in [0.2, 0.25) is 0 Å². The number of nitrogens with zero attached hydrogens (tertiary/aromatic N) is 3. The quantitative estimate of drug-likeness (QED) is 0.462. The number of anilines is 1. The minimum Gasteiger partial charge on any atom is -0.486 e. The van der Waals surface area contributed by atoms with Crippen LogP contribution in [0, 0.1) is 0 Å². The maximum absolute atomic E-state index is 12.6. The molecule has 1 N–H and O–H groups in total. The fraction of sp³-hybridized carbons (Fsp3) is 0.240. The second kappa shape index (κ2) is 9.09. The van der Waals surface area contributed by atoms with Crippen LogP contribution in [0.5, 0.6) is 5.75 Å². The Morgan fingerprint density at radius 3 is 2.66 bits per heavy atom. The van der Waals surface area contributed by atoms with Crippen LogP contribution in [0.3, 0.4) is 0 Å². The van der Waals surface area contributed by atoms with Gasteiger partial charge in [0, 0.05) is 24.2 Å². The van der Waals surface area contributed by atoms with Crippen molar-refractivity contribution in [2.75, 3.05) is 5.32 Å². The first-order valence-corrected chi connectivity index (χ1v) is 10.9. The van der Waals surface area contributed by atoms with Gasteiger partial charge in [0.1, 0.15) is 23.9 Å². The van der Waals surface area contributed by atoms with E-state index in [1.807, 2.05) is 54.6 Å². The molecule has 0 saturated heterocycles. The van der Waals surface area contributed by atoms with Crippen LogP contribution in [0.2, 0.25) is 0 Å². The monoisotopic (exact) mass is 428 g/mol. The van der Waals surface area contributed by atoms with E-state index in [1.165, 1.54) is 6.42 Å². The van der Waals surface area contributed by atoms with Gasteiger partial charge in [-0.05, 0) is 61.4 Å². The van der Waals surface area contributed by atoms with Gasteiger partial charge >= 0.3 is 0 Å². The van der Waals surface area contributed by atoms with Crippen LogP contribution in [0.15, 0.2) is 71.1 Å². The molecule has 0 aliphatic carbocycles. The highest BCUT2D eigenvalue weighted by atomic mass is 16.5. The molecule has 162 valence electrons. The smallest absolute Gasteiger partial charge is 0.291 e. The largest absolute Gasteiger partial charge is 0.486 e. The zero-order valence-electron chi connectivity index (χ0n) is 17.7. The molecule has 0 atom stereocenters. The minimum absolute atomic E-state index is 0.239. The Morgan fingerprint density at radius 1 is 0.969 bits per heavy atom. The van der Waals surface area contributed by atoms with E-state index in [1.54, 1.807) is 12.1 Å². The van der Waals surface area contributed by atoms with Crippen LogP contribution in [-0.2, 0) is 19.6 Å². The van der Waals surface area contributed by atoms with Gasteiger partial charge in [0.25, 0.3) is 5.91 Å². The van der Waals surface area contributed by atoms with Crippen molar-refractivity contribution in [1.82, 2.24) is 14.8 Å². The fourth-order valence-corrected chi connectivity index (χ4v) is 3.84. The molecule has 0 unspecified atom stereocenters. The molecule has 32 heavy (non-hydrogen) atoms. The predicted molar refractivity (Wildman–Crippen MR) is 120 cm³/mol. The Balaban J connectivity index is 1.22. The normalized spacial score (nSPS) is 13.2. The van der Waals surface area contributed by atoms with Gasteiger partial charge in [0.15, 0.2) is 11.6 Å². The summed E-state index contributed by atoms with van der Waals surface area (Å²) < 4.78 is 13.5. The molecule has 1 aliphatic rings. The van der Waals surface area contributed by atoms with E-state index in [2.05, 4.69) is 20.1 Å². The van der Waals surface area contributed by atoms with E-state index >= 15 is 0 Å². The summed E-state index contributed by atoms with van der Waals surface area (Å²) >= 11 is 0. The molecule has 3 heterocycles. The molecule has 7 nitrogen and oxygen atoms in total. The lowest BCUT2D eigenvalue weighted by Gasteiger charge is -2.08. The zero-order valence-corrected chi connectivity index (χ0v) is 17.7. The number of para-hydroxylation sites is 1. The second-order valence-electron chi connectivity index (χ2n) is 7.80. The summed E-state index contributed by atoms with van der Waals surface area (Å²) in [7, 11) is 0. The Bertz CT molecular complexity index is 1200. The van der Waals surface area contributed by atoms with Gasteiger partial charge in [0.05, 0.1) is 0 Å². The number of carbonyl (C=O) groups is 1. The standard InChI is InChI=1S/C25H24N4O3/c30-25(22-15-14-21(32-22)17-31-20-7-3-1-4-8-20)26-19-12-10-18(11-13-19)24-28-27-23-9-5-2-6-16-29(23)24/h1,3-4,7-8,10-15H,2,5-6,9,16-17H2,(H,26,30). The first-order valence-electron chi connectivity index (χ1n) is 10.9. The number of benzene rings is 2. The van der Waals surface area contributed by atoms with Crippen LogP contribution in [-0.4, -0.2) is 20.7 Å². The third kappa shape index (κ3) is 4.42. The van der Waals surface area contributed by atoms with E-state index in [0.717, 1.165) is 48.8 Å². The average molecular weight is 428 g/mol. The first-order chi connectivity index (χ1) is 15.8. The van der Waals surface area contributed by atoms with Gasteiger partial charge in [-0.3, -0.25) is 4.79 Å². The highest BCUT2D eigenvalue weighted by Crippen LogP contribution is 2.24. The number of ether oxygens (including phenoxy) is 1. The Labute approximate surface area is 186 Å². The third-order valence-electron chi connectivity index (χ3n) is 5.52. The van der Waals surface area contributed by atoms with Crippen molar-refractivity contribution in [2.45, 2.75) is 38.8 Å². The van der Waals surface area contributed by atoms with Crippen molar-refractivity contribution < 1.29 is 13.9 Å². The molecule has 1 amide bonds. The maximum Gasteiger partial charge on any atom is 0.291 e. The van der Waals surface area contributed by atoms with Crippen molar-refractivity contribution in [3.05, 3.63) is 84.1 Å². The van der Waals surface area contributed by atoms with E-state index in [4.69, 9.17) is 9.15 Å². The second-order valence-corrected chi connectivity index (χ2v) is 7.80. The van der Waals surface area contributed by atoms with Crippen molar-refractivity contribution >= 4 is 11.6 Å². The lowest BCUT2D eigenvalue weighted by Crippen LogP contribution is -2.10. The summed E-state index contributed by atoms with van der Waals surface area (Å²) in [4.78, 5) is 12.6. The molecular weight excluding hydrogens is 404 g/mol. The molecule has 1 aliphatic heterocycles. The Kier molecular flexibility index (Phi) is 5.70. The Hall–Kier alpha value is -3.87. The van der Waals surface area contributed by atoms with Crippen molar-refractivity contribution in [1.29, 1.82) is 0 Å². The van der Waals surface area contributed by atoms with Crippen LogP contribution in [0.4, 0.5) is 5.69 Å². The molecule has 2 aromatic heterocycles. The highest BCUT2D eigenvalue weighted by Gasteiger charge is 2.16. The van der Waals surface area contributed by atoms with Crippen molar-refractivity contribution in [3.63, 3.8) is 0 Å². The van der Waals surface area contributed by atoms with Crippen molar-refractivity contribution in [2.24, 2.45) is 0 Å². The average Bonchev–Trinajstić information content (AvgIpc) is 3.40. The molecule has 0 radical (unpaired) electrons. The number of hydrogen-bond acceptors (Lipinski definition) is 5. The fourth-order valence-electron chi connectivity index (χ4n) is 3.84. The topological polar surface area (TPSA) is 82.2 Å². The first kappa shape index (κ1) is 20.1. The van der Waals surface area contributed by atoms with Gasteiger partial charge in [-0.15, -0.1) is 10.2 Å². The minimum atomic E-state index is -0.306. The number of carbonyl (C=O) groups excluding carboxylic acids is 1. The molecule has 5 rings (SSSR count). The SMILES string of the molecule is O=C(Nc1ccc(-c2nnc3n2CCCCC3)cc1)c1ccc(COc2ccccc2)o1. The molecule has 0 saturated carbocycles. The molecule has 0 fully saturated rings. The summed E-state index contributed by atoms with van der Waals surface area (Å²) in [5.74, 6) is 3.21. The van der Waals surface area contributed by atoms with Crippen LogP contribution >= 0.6 is 0 Å². The van der Waals surface area contributed by atoms with E-state index in [0.29, 0.717) is 11.4 Å². The number of rotatable bonds is 6. The summed E-state index contributed by atoms with van der Waals surface area (Å²) in [5.41, 5.74) is 1.68. The number of hydrogen-bond donors (Lipinski definition) is 1. The molecular formula is C25H24N4O3. The summed E-state index contributed by atoms with van der Waals surface area (Å²) in [6.45, 7) is 1.21. The lowest BCUT2D eigenvalue weighted by atomic mass is 10.2. The van der Waals surface area contributed by atoms with Crippen LogP contribution < -0.4 is 10.1 Å². The number of aryl methyl sites for hydroxylation is 1. The Morgan fingerprint density at radius 2 is 1.81 bits per heavy atom. The number of nitrogens with one attached hydrogen (secondary N) is 1. The highest BCUT2D eigenvalue weighted by molar-refractivity contribution is 6.02. The van der Waals surface area contributed by atoms with Gasteiger partial charge < -0.3 is 19.0 Å². The predicted octanol–water partition coefficient (Wildman–Crippen LogP) is 5.10. The van der Waals surface area contributed by atoms with Crippen LogP contribution in [0.1, 0.15) is 41.4 Å². The van der Waals surface area contributed by atoms with Crippen LogP contribution in [0.25, 0.3) is 11.4 Å². The third-order valence-corrected chi connectivity index (χ3v) is 5.52. The maximum atomic E-state index is 12.6. The summed E-state index contributed by atoms with van der Waals surface area (Å²) in [6, 6.07) is 20.5. The molecule has 4 aromatic rings. The molecule has 0 spiro atoms. The number of fused-ring (bicyclic) bond motifs is 1. The summed E-state index contributed by atoms with van der Waals surface area (Å²) in [5, 5.41) is 11.6. The van der Waals surface area contributed by atoms with Gasteiger partial charge in [-0.2, -0.15) is 0 Å². The van der Waals surface area contributed by atoms with E-state index < -0.39 is 0 Å². The number of furan rings is 1. The molecule has 0 bridgehead atoms. The number of amides is 1. The van der Waals surface area contributed by atoms with Crippen molar-refractivity contribution in [3.8, 4) is 17.1 Å². The zero-order chi connectivity index (χ0) is 21.8. The van der Waals surface area contributed by atoms with E-state index in [9.17, 15) is 4.79 Å². The summed E-state index contributed by atoms with van der Waals surface area (Å²) in [6.07, 6.45) is 4.51.